The summed E-state index contributed by atoms with van der Waals surface area (Å²) >= 11 is 1.74. The van der Waals surface area contributed by atoms with Crippen LogP contribution in [0.15, 0.2) is 5.38 Å². The van der Waals surface area contributed by atoms with E-state index in [1.54, 1.807) is 11.3 Å². The molecule has 0 aromatic carbocycles. The predicted octanol–water partition coefficient (Wildman–Crippen LogP) is 2.99. The Hall–Kier alpha value is -0.410. The van der Waals surface area contributed by atoms with Crippen molar-refractivity contribution in [1.29, 1.82) is 0 Å². The van der Waals surface area contributed by atoms with Gasteiger partial charge in [-0.05, 0) is 18.8 Å². The molecular weight excluding hydrogens is 192 g/mol. The second-order valence-electron chi connectivity index (χ2n) is 4.60. The highest BCUT2D eigenvalue weighted by Crippen LogP contribution is 2.38. The number of rotatable bonds is 2. The van der Waals surface area contributed by atoms with Crippen LogP contribution in [0.5, 0.6) is 0 Å². The molecular formula is C11H18N2S. The normalized spacial score (nSPS) is 20.6. The van der Waals surface area contributed by atoms with Gasteiger partial charge in [-0.3, -0.25) is 0 Å². The molecule has 14 heavy (non-hydrogen) atoms. The van der Waals surface area contributed by atoms with Gasteiger partial charge in [-0.25, -0.2) is 4.98 Å². The third-order valence-electron chi connectivity index (χ3n) is 3.04. The highest BCUT2D eigenvalue weighted by atomic mass is 32.1. The zero-order valence-electron chi connectivity index (χ0n) is 8.92. The van der Waals surface area contributed by atoms with Gasteiger partial charge in [-0.15, -0.1) is 11.3 Å². The van der Waals surface area contributed by atoms with E-state index >= 15 is 0 Å². The van der Waals surface area contributed by atoms with Crippen molar-refractivity contribution in [1.82, 2.24) is 4.98 Å². The summed E-state index contributed by atoms with van der Waals surface area (Å²) in [5.41, 5.74) is 7.44. The van der Waals surface area contributed by atoms with Crippen molar-refractivity contribution in [2.45, 2.75) is 51.0 Å². The van der Waals surface area contributed by atoms with Crippen molar-refractivity contribution in [2.75, 3.05) is 0 Å². The van der Waals surface area contributed by atoms with E-state index in [2.05, 4.69) is 24.2 Å². The molecule has 0 atom stereocenters. The monoisotopic (exact) mass is 210 g/mol. The highest BCUT2D eigenvalue weighted by molar-refractivity contribution is 7.09. The van der Waals surface area contributed by atoms with E-state index in [1.165, 1.54) is 18.5 Å². The molecule has 0 aliphatic heterocycles. The van der Waals surface area contributed by atoms with Gasteiger partial charge in [-0.1, -0.05) is 26.7 Å². The Labute approximate surface area is 89.5 Å². The summed E-state index contributed by atoms with van der Waals surface area (Å²) in [5.74, 6) is 0.519. The Morgan fingerprint density at radius 1 is 1.43 bits per heavy atom. The number of hydrogen-bond acceptors (Lipinski definition) is 3. The molecule has 0 radical (unpaired) electrons. The molecule has 0 unspecified atom stereocenters. The number of nitrogens with two attached hydrogens (primary N) is 1. The minimum atomic E-state index is -0.0994. The number of hydrogen-bond donors (Lipinski definition) is 1. The van der Waals surface area contributed by atoms with E-state index < -0.39 is 0 Å². The van der Waals surface area contributed by atoms with Crippen molar-refractivity contribution in [3.8, 4) is 0 Å². The minimum Gasteiger partial charge on any atom is -0.319 e. The fourth-order valence-electron chi connectivity index (χ4n) is 2.00. The van der Waals surface area contributed by atoms with Gasteiger partial charge in [-0.2, -0.15) is 0 Å². The molecule has 1 aromatic rings. The molecule has 2 nitrogen and oxygen atoms in total. The molecule has 0 saturated heterocycles. The molecule has 1 fully saturated rings. The van der Waals surface area contributed by atoms with Gasteiger partial charge < -0.3 is 5.73 Å². The van der Waals surface area contributed by atoms with Gasteiger partial charge in [0.2, 0.25) is 0 Å². The van der Waals surface area contributed by atoms with Crippen molar-refractivity contribution >= 4 is 11.3 Å². The first-order chi connectivity index (χ1) is 6.62. The van der Waals surface area contributed by atoms with Crippen LogP contribution in [0, 0.1) is 0 Å². The van der Waals surface area contributed by atoms with Crippen LogP contribution in [-0.4, -0.2) is 4.98 Å². The number of thiazole rings is 1. The Morgan fingerprint density at radius 2 is 2.07 bits per heavy atom. The maximum absolute atomic E-state index is 6.34. The molecule has 3 heteroatoms. The SMILES string of the molecule is CC(C)c1csc(C2(N)CCCC2)n1. The maximum Gasteiger partial charge on any atom is 0.113 e. The second-order valence-corrected chi connectivity index (χ2v) is 5.45. The Balaban J connectivity index is 2.23. The molecule has 2 N–H and O–H groups in total. The first-order valence-electron chi connectivity index (χ1n) is 5.36. The third-order valence-corrected chi connectivity index (χ3v) is 4.12. The van der Waals surface area contributed by atoms with Crippen LogP contribution < -0.4 is 5.73 Å². The molecule has 78 valence electrons. The van der Waals surface area contributed by atoms with Crippen LogP contribution in [-0.2, 0) is 5.54 Å². The van der Waals surface area contributed by atoms with E-state index in [1.807, 2.05) is 0 Å². The zero-order valence-corrected chi connectivity index (χ0v) is 9.73. The van der Waals surface area contributed by atoms with Crippen LogP contribution in [0.3, 0.4) is 0 Å². The van der Waals surface area contributed by atoms with Gasteiger partial charge in [0, 0.05) is 5.38 Å². The second kappa shape index (κ2) is 3.63. The third kappa shape index (κ3) is 1.71. The summed E-state index contributed by atoms with van der Waals surface area (Å²) in [7, 11) is 0. The van der Waals surface area contributed by atoms with Crippen LogP contribution in [0.2, 0.25) is 0 Å². The average Bonchev–Trinajstić information content (AvgIpc) is 2.71. The topological polar surface area (TPSA) is 38.9 Å². The van der Waals surface area contributed by atoms with E-state index in [0.717, 1.165) is 17.8 Å². The van der Waals surface area contributed by atoms with E-state index in [9.17, 15) is 0 Å². The lowest BCUT2D eigenvalue weighted by atomic mass is 10.0. The number of aromatic nitrogens is 1. The molecule has 2 rings (SSSR count). The number of nitrogens with zero attached hydrogens (tertiary/aromatic N) is 1. The molecule has 0 spiro atoms. The Morgan fingerprint density at radius 3 is 2.57 bits per heavy atom. The molecule has 1 heterocycles. The van der Waals surface area contributed by atoms with Gasteiger partial charge in [0.25, 0.3) is 0 Å². The van der Waals surface area contributed by atoms with Crippen LogP contribution >= 0.6 is 11.3 Å². The summed E-state index contributed by atoms with van der Waals surface area (Å²) in [6.45, 7) is 4.35. The fourth-order valence-corrected chi connectivity index (χ4v) is 3.15. The summed E-state index contributed by atoms with van der Waals surface area (Å²) < 4.78 is 0. The largest absolute Gasteiger partial charge is 0.319 e. The molecule has 1 aliphatic carbocycles. The maximum atomic E-state index is 6.34. The smallest absolute Gasteiger partial charge is 0.113 e. The summed E-state index contributed by atoms with van der Waals surface area (Å²) in [4.78, 5) is 4.66. The first kappa shape index (κ1) is 10.1. The van der Waals surface area contributed by atoms with E-state index in [-0.39, 0.29) is 5.54 Å². The lowest BCUT2D eigenvalue weighted by Crippen LogP contribution is -2.32. The quantitative estimate of drug-likeness (QED) is 0.815. The highest BCUT2D eigenvalue weighted by Gasteiger charge is 2.34. The van der Waals surface area contributed by atoms with Crippen LogP contribution in [0.4, 0.5) is 0 Å². The lowest BCUT2D eigenvalue weighted by molar-refractivity contribution is 0.457. The van der Waals surface area contributed by atoms with Gasteiger partial charge in [0.1, 0.15) is 5.01 Å². The Bertz CT molecular complexity index is 311. The summed E-state index contributed by atoms with van der Waals surface area (Å²) in [6, 6.07) is 0. The minimum absolute atomic E-state index is 0.0994. The summed E-state index contributed by atoms with van der Waals surface area (Å²) in [6.07, 6.45) is 4.73. The van der Waals surface area contributed by atoms with Crippen molar-refractivity contribution in [2.24, 2.45) is 5.73 Å². The van der Waals surface area contributed by atoms with Crippen molar-refractivity contribution in [3.05, 3.63) is 16.1 Å². The lowest BCUT2D eigenvalue weighted by Gasteiger charge is -2.20. The molecule has 1 saturated carbocycles. The van der Waals surface area contributed by atoms with Crippen LogP contribution in [0.1, 0.15) is 56.2 Å². The van der Waals surface area contributed by atoms with E-state index in [4.69, 9.17) is 5.73 Å². The molecule has 1 aromatic heterocycles. The average molecular weight is 210 g/mol. The fraction of sp³-hybridized carbons (Fsp3) is 0.727. The molecule has 0 amide bonds. The van der Waals surface area contributed by atoms with Crippen LogP contribution in [0.25, 0.3) is 0 Å². The summed E-state index contributed by atoms with van der Waals surface area (Å²) in [5, 5.41) is 3.31. The van der Waals surface area contributed by atoms with Gasteiger partial charge >= 0.3 is 0 Å². The van der Waals surface area contributed by atoms with Crippen molar-refractivity contribution in [3.63, 3.8) is 0 Å². The standard InChI is InChI=1S/C11H18N2S/c1-8(2)9-7-14-10(13-9)11(12)5-3-4-6-11/h7-8H,3-6,12H2,1-2H3. The van der Waals surface area contributed by atoms with Crippen molar-refractivity contribution < 1.29 is 0 Å². The van der Waals surface area contributed by atoms with E-state index in [0.29, 0.717) is 5.92 Å². The zero-order chi connectivity index (χ0) is 10.2. The first-order valence-corrected chi connectivity index (χ1v) is 6.24. The predicted molar refractivity (Wildman–Crippen MR) is 60.5 cm³/mol. The Kier molecular flexibility index (Phi) is 2.62. The van der Waals surface area contributed by atoms with Gasteiger partial charge in [0.15, 0.2) is 0 Å². The molecule has 1 aliphatic rings. The van der Waals surface area contributed by atoms with Gasteiger partial charge in [0.05, 0.1) is 11.2 Å². The molecule has 0 bridgehead atoms.